The molecule has 3 heteroatoms. The van der Waals surface area contributed by atoms with Crippen LogP contribution in [0.1, 0.15) is 54.4 Å². The smallest absolute Gasteiger partial charge is 0.251 e. The second-order valence-electron chi connectivity index (χ2n) is 5.12. The molecule has 0 aromatic heterocycles. The number of halogens is 1. The average Bonchev–Trinajstić information content (AvgIpc) is 2.57. The predicted molar refractivity (Wildman–Crippen MR) is 70.1 cm³/mol. The largest absolute Gasteiger partial charge is 0.349 e. The van der Waals surface area contributed by atoms with E-state index in [1.807, 2.05) is 0 Å². The zero-order valence-corrected chi connectivity index (χ0v) is 10.8. The Kier molecular flexibility index (Phi) is 4.34. The van der Waals surface area contributed by atoms with Crippen molar-refractivity contribution in [3.63, 3.8) is 0 Å². The lowest BCUT2D eigenvalue weighted by Gasteiger charge is -2.17. The van der Waals surface area contributed by atoms with Crippen LogP contribution in [0.5, 0.6) is 0 Å². The summed E-state index contributed by atoms with van der Waals surface area (Å²) in [4.78, 5) is 12.1. The third-order valence-corrected chi connectivity index (χ3v) is 3.62. The Morgan fingerprint density at radius 1 is 1.22 bits per heavy atom. The van der Waals surface area contributed by atoms with E-state index < -0.39 is 0 Å². The van der Waals surface area contributed by atoms with Crippen LogP contribution < -0.4 is 5.32 Å². The highest BCUT2D eigenvalue weighted by molar-refractivity contribution is 5.95. The van der Waals surface area contributed by atoms with Gasteiger partial charge in [-0.25, -0.2) is 4.39 Å². The number of nitrogens with one attached hydrogen (secondary N) is 1. The molecule has 1 amide bonds. The maximum atomic E-state index is 13.0. The molecule has 1 aliphatic carbocycles. The topological polar surface area (TPSA) is 29.1 Å². The summed E-state index contributed by atoms with van der Waals surface area (Å²) in [6.07, 6.45) is 7.03. The number of hydrogen-bond donors (Lipinski definition) is 1. The number of carbonyl (C=O) groups excluding carboxylic acids is 1. The van der Waals surface area contributed by atoms with Gasteiger partial charge in [-0.3, -0.25) is 4.79 Å². The van der Waals surface area contributed by atoms with Crippen molar-refractivity contribution in [2.75, 3.05) is 0 Å². The zero-order chi connectivity index (χ0) is 13.0. The van der Waals surface area contributed by atoms with Crippen molar-refractivity contribution in [1.82, 2.24) is 5.32 Å². The minimum absolute atomic E-state index is 0.0700. The van der Waals surface area contributed by atoms with Crippen LogP contribution in [0.3, 0.4) is 0 Å². The third kappa shape index (κ3) is 3.31. The Morgan fingerprint density at radius 3 is 2.50 bits per heavy atom. The lowest BCUT2D eigenvalue weighted by molar-refractivity contribution is 0.0932. The Hall–Kier alpha value is -1.38. The van der Waals surface area contributed by atoms with E-state index >= 15 is 0 Å². The third-order valence-electron chi connectivity index (χ3n) is 3.62. The summed E-state index contributed by atoms with van der Waals surface area (Å²) < 4.78 is 13.0. The normalized spacial score (nSPS) is 17.2. The van der Waals surface area contributed by atoms with Crippen molar-refractivity contribution >= 4 is 5.91 Å². The molecule has 1 saturated carbocycles. The fraction of sp³-hybridized carbons (Fsp3) is 0.533. The molecule has 2 nitrogen and oxygen atoms in total. The van der Waals surface area contributed by atoms with E-state index in [2.05, 4.69) is 5.32 Å². The quantitative estimate of drug-likeness (QED) is 0.797. The van der Waals surface area contributed by atoms with Crippen molar-refractivity contribution < 1.29 is 9.18 Å². The van der Waals surface area contributed by atoms with E-state index in [0.717, 1.165) is 12.8 Å². The van der Waals surface area contributed by atoms with E-state index in [9.17, 15) is 9.18 Å². The van der Waals surface area contributed by atoms with Gasteiger partial charge in [-0.2, -0.15) is 0 Å². The lowest BCUT2D eigenvalue weighted by Crippen LogP contribution is -2.34. The molecular weight excluding hydrogens is 229 g/mol. The van der Waals surface area contributed by atoms with Gasteiger partial charge in [0.25, 0.3) is 5.91 Å². The van der Waals surface area contributed by atoms with Crippen LogP contribution in [0.2, 0.25) is 0 Å². The molecule has 0 unspecified atom stereocenters. The maximum absolute atomic E-state index is 13.0. The molecule has 18 heavy (non-hydrogen) atoms. The fourth-order valence-corrected chi connectivity index (χ4v) is 2.57. The first-order valence-corrected chi connectivity index (χ1v) is 6.74. The zero-order valence-electron chi connectivity index (χ0n) is 10.8. The fourth-order valence-electron chi connectivity index (χ4n) is 2.57. The summed E-state index contributed by atoms with van der Waals surface area (Å²) in [7, 11) is 0. The summed E-state index contributed by atoms with van der Waals surface area (Å²) in [6, 6.07) is 4.60. The summed E-state index contributed by atoms with van der Waals surface area (Å²) >= 11 is 0. The minimum atomic E-state index is -0.293. The van der Waals surface area contributed by atoms with Gasteiger partial charge in [-0.05, 0) is 43.5 Å². The standard InChI is InChI=1S/C15H20FNO/c1-11-10-12(16)8-9-14(11)15(18)17-13-6-4-2-3-5-7-13/h8-10,13H,2-7H2,1H3,(H,17,18). The molecule has 98 valence electrons. The van der Waals surface area contributed by atoms with Gasteiger partial charge in [0.1, 0.15) is 5.82 Å². The molecule has 1 aromatic carbocycles. The van der Waals surface area contributed by atoms with Gasteiger partial charge >= 0.3 is 0 Å². The van der Waals surface area contributed by atoms with Crippen molar-refractivity contribution in [3.8, 4) is 0 Å². The summed E-state index contributed by atoms with van der Waals surface area (Å²) in [5, 5.41) is 3.07. The molecular formula is C15H20FNO. The van der Waals surface area contributed by atoms with Crippen LogP contribution in [0.15, 0.2) is 18.2 Å². The molecule has 1 aromatic rings. The van der Waals surface area contributed by atoms with Crippen molar-refractivity contribution in [3.05, 3.63) is 35.1 Å². The molecule has 0 spiro atoms. The summed E-state index contributed by atoms with van der Waals surface area (Å²) in [5.41, 5.74) is 1.28. The highest BCUT2D eigenvalue weighted by Gasteiger charge is 2.16. The van der Waals surface area contributed by atoms with Crippen LogP contribution in [0, 0.1) is 12.7 Å². The van der Waals surface area contributed by atoms with Crippen molar-refractivity contribution in [2.45, 2.75) is 51.5 Å². The van der Waals surface area contributed by atoms with Crippen LogP contribution >= 0.6 is 0 Å². The molecule has 0 saturated heterocycles. The Morgan fingerprint density at radius 2 is 1.89 bits per heavy atom. The van der Waals surface area contributed by atoms with E-state index in [-0.39, 0.29) is 17.8 Å². The average molecular weight is 249 g/mol. The molecule has 0 radical (unpaired) electrons. The monoisotopic (exact) mass is 249 g/mol. The molecule has 1 fully saturated rings. The van der Waals surface area contributed by atoms with E-state index in [1.54, 1.807) is 13.0 Å². The number of aryl methyl sites for hydroxylation is 1. The number of benzene rings is 1. The van der Waals surface area contributed by atoms with Gasteiger partial charge < -0.3 is 5.32 Å². The molecule has 2 rings (SSSR count). The van der Waals surface area contributed by atoms with Crippen LogP contribution in [0.4, 0.5) is 4.39 Å². The summed E-state index contributed by atoms with van der Waals surface area (Å²) in [5.74, 6) is -0.363. The molecule has 0 heterocycles. The summed E-state index contributed by atoms with van der Waals surface area (Å²) in [6.45, 7) is 1.77. The maximum Gasteiger partial charge on any atom is 0.251 e. The van der Waals surface area contributed by atoms with Crippen LogP contribution in [0.25, 0.3) is 0 Å². The number of carbonyl (C=O) groups is 1. The first kappa shape index (κ1) is 13.1. The second-order valence-corrected chi connectivity index (χ2v) is 5.12. The van der Waals surface area contributed by atoms with Crippen LogP contribution in [-0.4, -0.2) is 11.9 Å². The van der Waals surface area contributed by atoms with Gasteiger partial charge in [0, 0.05) is 11.6 Å². The van der Waals surface area contributed by atoms with Gasteiger partial charge in [0.05, 0.1) is 0 Å². The number of amides is 1. The Bertz CT molecular complexity index is 423. The number of rotatable bonds is 2. The first-order chi connectivity index (χ1) is 8.66. The predicted octanol–water partition coefficient (Wildman–Crippen LogP) is 3.59. The Balaban J connectivity index is 2.02. The molecule has 0 aliphatic heterocycles. The Labute approximate surface area is 108 Å². The van der Waals surface area contributed by atoms with Crippen molar-refractivity contribution in [1.29, 1.82) is 0 Å². The van der Waals surface area contributed by atoms with E-state index in [1.165, 1.54) is 37.8 Å². The van der Waals surface area contributed by atoms with Gasteiger partial charge in [-0.1, -0.05) is 25.7 Å². The molecule has 1 N–H and O–H groups in total. The van der Waals surface area contributed by atoms with Crippen LogP contribution in [-0.2, 0) is 0 Å². The second kappa shape index (κ2) is 5.98. The van der Waals surface area contributed by atoms with Gasteiger partial charge in [0.2, 0.25) is 0 Å². The molecule has 0 atom stereocenters. The van der Waals surface area contributed by atoms with E-state index in [0.29, 0.717) is 11.1 Å². The minimum Gasteiger partial charge on any atom is -0.349 e. The van der Waals surface area contributed by atoms with Gasteiger partial charge in [0.15, 0.2) is 0 Å². The lowest BCUT2D eigenvalue weighted by atomic mass is 10.1. The van der Waals surface area contributed by atoms with E-state index in [4.69, 9.17) is 0 Å². The molecule has 1 aliphatic rings. The highest BCUT2D eigenvalue weighted by Crippen LogP contribution is 2.18. The van der Waals surface area contributed by atoms with Gasteiger partial charge in [-0.15, -0.1) is 0 Å². The SMILES string of the molecule is Cc1cc(F)ccc1C(=O)NC1CCCCCC1. The molecule has 0 bridgehead atoms. The number of hydrogen-bond acceptors (Lipinski definition) is 1. The first-order valence-electron chi connectivity index (χ1n) is 6.74. The highest BCUT2D eigenvalue weighted by atomic mass is 19.1. The van der Waals surface area contributed by atoms with Crippen molar-refractivity contribution in [2.24, 2.45) is 0 Å².